The minimum atomic E-state index is -0.328. The van der Waals surface area contributed by atoms with Crippen molar-refractivity contribution in [1.29, 1.82) is 0 Å². The van der Waals surface area contributed by atoms with Gasteiger partial charge in [0, 0.05) is 30.8 Å². The van der Waals surface area contributed by atoms with Crippen LogP contribution in [0.3, 0.4) is 0 Å². The lowest BCUT2D eigenvalue weighted by Gasteiger charge is -2.33. The molecular formula is C17H17FN2O. The Morgan fingerprint density at radius 3 is 2.81 bits per heavy atom. The predicted octanol–water partition coefficient (Wildman–Crippen LogP) is 3.32. The van der Waals surface area contributed by atoms with Crippen molar-refractivity contribution < 1.29 is 9.18 Å². The number of piperidine rings is 1. The van der Waals surface area contributed by atoms with Gasteiger partial charge in [0.1, 0.15) is 0 Å². The van der Waals surface area contributed by atoms with E-state index >= 15 is 0 Å². The Hall–Kier alpha value is -2.23. The number of Topliss-reactive ketones (excluding diaryl/α,β-unsaturated/α-hetero) is 1. The van der Waals surface area contributed by atoms with Crippen LogP contribution in [0.25, 0.3) is 0 Å². The molecule has 1 aliphatic rings. The first-order valence-corrected chi connectivity index (χ1v) is 7.19. The minimum Gasteiger partial charge on any atom is -0.368 e. The molecule has 1 aliphatic heterocycles. The number of carbonyl (C=O) groups is 1. The number of hydrogen-bond donors (Lipinski definition) is 0. The van der Waals surface area contributed by atoms with Crippen LogP contribution in [0.2, 0.25) is 0 Å². The highest BCUT2D eigenvalue weighted by Gasteiger charge is 2.27. The molecule has 2 heterocycles. The van der Waals surface area contributed by atoms with E-state index in [0.29, 0.717) is 12.2 Å². The first-order valence-electron chi connectivity index (χ1n) is 7.19. The molecule has 4 heteroatoms. The van der Waals surface area contributed by atoms with Gasteiger partial charge in [-0.3, -0.25) is 9.78 Å². The van der Waals surface area contributed by atoms with Gasteiger partial charge in [0.15, 0.2) is 11.6 Å². The second-order valence-electron chi connectivity index (χ2n) is 5.34. The van der Waals surface area contributed by atoms with Gasteiger partial charge in [-0.2, -0.15) is 0 Å². The van der Waals surface area contributed by atoms with E-state index in [2.05, 4.69) is 4.98 Å². The Morgan fingerprint density at radius 2 is 2.05 bits per heavy atom. The predicted molar refractivity (Wildman–Crippen MR) is 79.9 cm³/mol. The zero-order valence-electron chi connectivity index (χ0n) is 11.7. The normalized spacial score (nSPS) is 18.5. The average Bonchev–Trinajstić information content (AvgIpc) is 2.55. The van der Waals surface area contributed by atoms with Gasteiger partial charge < -0.3 is 4.90 Å². The summed E-state index contributed by atoms with van der Waals surface area (Å²) in [7, 11) is 0. The van der Waals surface area contributed by atoms with E-state index in [9.17, 15) is 9.18 Å². The van der Waals surface area contributed by atoms with E-state index in [-0.39, 0.29) is 17.5 Å². The quantitative estimate of drug-likeness (QED) is 0.811. The van der Waals surface area contributed by atoms with Crippen molar-refractivity contribution >= 4 is 11.5 Å². The van der Waals surface area contributed by atoms with Gasteiger partial charge >= 0.3 is 0 Å². The average molecular weight is 284 g/mol. The van der Waals surface area contributed by atoms with Crippen LogP contribution >= 0.6 is 0 Å². The van der Waals surface area contributed by atoms with Gasteiger partial charge in [-0.25, -0.2) is 4.39 Å². The highest BCUT2D eigenvalue weighted by Crippen LogP contribution is 2.26. The highest BCUT2D eigenvalue weighted by atomic mass is 19.1. The number of hydrogen-bond acceptors (Lipinski definition) is 3. The lowest BCUT2D eigenvalue weighted by Crippen LogP contribution is -2.39. The van der Waals surface area contributed by atoms with Crippen LogP contribution in [0.5, 0.6) is 0 Å². The molecule has 0 aliphatic carbocycles. The Morgan fingerprint density at radius 1 is 1.24 bits per heavy atom. The number of rotatable bonds is 3. The Kier molecular flexibility index (Phi) is 3.95. The third-order valence-corrected chi connectivity index (χ3v) is 3.94. The first kappa shape index (κ1) is 13.7. The van der Waals surface area contributed by atoms with E-state index in [1.807, 2.05) is 35.2 Å². The fraction of sp³-hybridized carbons (Fsp3) is 0.294. The van der Waals surface area contributed by atoms with E-state index in [0.717, 1.165) is 24.9 Å². The van der Waals surface area contributed by atoms with Crippen LogP contribution in [-0.2, 0) is 0 Å². The topological polar surface area (TPSA) is 33.2 Å². The Bertz CT molecular complexity index is 630. The zero-order chi connectivity index (χ0) is 14.7. The van der Waals surface area contributed by atoms with Crippen LogP contribution < -0.4 is 4.90 Å². The van der Waals surface area contributed by atoms with Crippen molar-refractivity contribution in [2.24, 2.45) is 5.92 Å². The minimum absolute atomic E-state index is 0.0753. The summed E-state index contributed by atoms with van der Waals surface area (Å²) < 4.78 is 13.8. The molecule has 1 aromatic carbocycles. The molecule has 0 spiro atoms. The zero-order valence-corrected chi connectivity index (χ0v) is 11.7. The fourth-order valence-electron chi connectivity index (χ4n) is 2.87. The van der Waals surface area contributed by atoms with Crippen LogP contribution in [0.15, 0.2) is 48.8 Å². The molecule has 0 bridgehead atoms. The molecule has 3 nitrogen and oxygen atoms in total. The summed E-state index contributed by atoms with van der Waals surface area (Å²) >= 11 is 0. The molecular weight excluding hydrogens is 267 g/mol. The molecule has 0 saturated carbocycles. The lowest BCUT2D eigenvalue weighted by atomic mass is 9.90. The first-order chi connectivity index (χ1) is 10.3. The molecule has 0 N–H and O–H groups in total. The third-order valence-electron chi connectivity index (χ3n) is 3.94. The van der Waals surface area contributed by atoms with Gasteiger partial charge in [-0.15, -0.1) is 0 Å². The lowest BCUT2D eigenvalue weighted by molar-refractivity contribution is 0.0907. The number of benzene rings is 1. The van der Waals surface area contributed by atoms with Crippen molar-refractivity contribution in [1.82, 2.24) is 4.98 Å². The SMILES string of the molecule is O=C(c1ccccc1)C1CCCN(c2ccncc2F)C1. The van der Waals surface area contributed by atoms with Crippen molar-refractivity contribution in [2.75, 3.05) is 18.0 Å². The number of pyridine rings is 1. The summed E-state index contributed by atoms with van der Waals surface area (Å²) in [5.74, 6) is -0.256. The monoisotopic (exact) mass is 284 g/mol. The van der Waals surface area contributed by atoms with Crippen molar-refractivity contribution in [3.63, 3.8) is 0 Å². The smallest absolute Gasteiger partial charge is 0.167 e. The number of carbonyl (C=O) groups excluding carboxylic acids is 1. The number of ketones is 1. The van der Waals surface area contributed by atoms with Crippen LogP contribution in [0.1, 0.15) is 23.2 Å². The maximum Gasteiger partial charge on any atom is 0.167 e. The van der Waals surface area contributed by atoms with Crippen LogP contribution in [0, 0.1) is 11.7 Å². The number of aromatic nitrogens is 1. The summed E-state index contributed by atoms with van der Waals surface area (Å²) in [5, 5.41) is 0. The molecule has 1 fully saturated rings. The van der Waals surface area contributed by atoms with E-state index < -0.39 is 0 Å². The third kappa shape index (κ3) is 2.94. The Balaban J connectivity index is 1.77. The largest absolute Gasteiger partial charge is 0.368 e. The molecule has 108 valence electrons. The number of anilines is 1. The van der Waals surface area contributed by atoms with Crippen molar-refractivity contribution in [2.45, 2.75) is 12.8 Å². The second kappa shape index (κ2) is 6.04. The molecule has 21 heavy (non-hydrogen) atoms. The molecule has 1 aromatic heterocycles. The van der Waals surface area contributed by atoms with Gasteiger partial charge in [0.05, 0.1) is 11.9 Å². The van der Waals surface area contributed by atoms with Crippen LogP contribution in [-0.4, -0.2) is 23.9 Å². The van der Waals surface area contributed by atoms with Crippen molar-refractivity contribution in [3.8, 4) is 0 Å². The summed E-state index contributed by atoms with van der Waals surface area (Å²) in [6, 6.07) is 11.0. The molecule has 2 aromatic rings. The summed E-state index contributed by atoms with van der Waals surface area (Å²) in [6.45, 7) is 1.34. The molecule has 1 saturated heterocycles. The number of nitrogens with zero attached hydrogens (tertiary/aromatic N) is 2. The molecule has 1 atom stereocenters. The summed E-state index contributed by atoms with van der Waals surface area (Å²) in [6.07, 6.45) is 4.56. The highest BCUT2D eigenvalue weighted by molar-refractivity contribution is 5.98. The van der Waals surface area contributed by atoms with Gasteiger partial charge in [0.2, 0.25) is 0 Å². The van der Waals surface area contributed by atoms with E-state index in [4.69, 9.17) is 0 Å². The standard InChI is InChI=1S/C17H17FN2O/c18-15-11-19-9-8-16(15)20-10-4-7-14(12-20)17(21)13-5-2-1-3-6-13/h1-3,5-6,8-9,11,14H,4,7,10,12H2. The molecule has 0 amide bonds. The van der Waals surface area contributed by atoms with E-state index in [1.165, 1.54) is 6.20 Å². The molecule has 3 rings (SSSR count). The van der Waals surface area contributed by atoms with Crippen LogP contribution in [0.4, 0.5) is 10.1 Å². The maximum atomic E-state index is 13.8. The molecule has 1 unspecified atom stereocenters. The van der Waals surface area contributed by atoms with Gasteiger partial charge in [-0.1, -0.05) is 30.3 Å². The van der Waals surface area contributed by atoms with E-state index in [1.54, 1.807) is 12.3 Å². The number of halogens is 1. The molecule has 0 radical (unpaired) electrons. The fourth-order valence-corrected chi connectivity index (χ4v) is 2.87. The summed E-state index contributed by atoms with van der Waals surface area (Å²) in [5.41, 5.74) is 1.27. The van der Waals surface area contributed by atoms with Gasteiger partial charge in [-0.05, 0) is 18.9 Å². The maximum absolute atomic E-state index is 13.8. The Labute approximate surface area is 123 Å². The second-order valence-corrected chi connectivity index (χ2v) is 5.34. The van der Waals surface area contributed by atoms with Crippen molar-refractivity contribution in [3.05, 3.63) is 60.2 Å². The summed E-state index contributed by atoms with van der Waals surface area (Å²) in [4.78, 5) is 18.3. The van der Waals surface area contributed by atoms with Gasteiger partial charge in [0.25, 0.3) is 0 Å².